The van der Waals surface area contributed by atoms with Crippen LogP contribution in [-0.2, 0) is 4.79 Å². The smallest absolute Gasteiger partial charge is 0.336 e. The van der Waals surface area contributed by atoms with E-state index >= 15 is 0 Å². The first-order chi connectivity index (χ1) is 16.0. The van der Waals surface area contributed by atoms with Gasteiger partial charge in [0.05, 0.1) is 18.2 Å². The molecule has 33 heavy (non-hydrogen) atoms. The summed E-state index contributed by atoms with van der Waals surface area (Å²) in [5.74, 6) is -0.283. The van der Waals surface area contributed by atoms with Gasteiger partial charge in [0.2, 0.25) is 0 Å². The normalized spacial score (nSPS) is 10.8. The van der Waals surface area contributed by atoms with Crippen LogP contribution in [0.3, 0.4) is 0 Å². The molecule has 0 saturated carbocycles. The summed E-state index contributed by atoms with van der Waals surface area (Å²) in [6.45, 7) is 0. The number of nitrogens with one attached hydrogen (secondary N) is 1. The second kappa shape index (κ2) is 11.0. The minimum Gasteiger partial charge on any atom is -0.497 e. The van der Waals surface area contributed by atoms with Crippen molar-refractivity contribution in [2.45, 2.75) is 0 Å². The number of amides is 1. The van der Waals surface area contributed by atoms with Gasteiger partial charge < -0.3 is 9.47 Å². The van der Waals surface area contributed by atoms with Crippen LogP contribution in [0.5, 0.6) is 11.5 Å². The van der Waals surface area contributed by atoms with Crippen molar-refractivity contribution in [2.75, 3.05) is 7.11 Å². The van der Waals surface area contributed by atoms with Gasteiger partial charge >= 0.3 is 5.97 Å². The largest absolute Gasteiger partial charge is 0.497 e. The molecule has 0 saturated heterocycles. The fourth-order valence-corrected chi connectivity index (χ4v) is 2.74. The Morgan fingerprint density at radius 2 is 1.73 bits per heavy atom. The molecule has 166 valence electrons. The van der Waals surface area contributed by atoms with Gasteiger partial charge in [-0.15, -0.1) is 0 Å². The van der Waals surface area contributed by atoms with Gasteiger partial charge in [-0.3, -0.25) is 14.9 Å². The molecule has 1 N–H and O–H groups in total. The molecule has 0 radical (unpaired) electrons. The molecule has 3 aromatic carbocycles. The van der Waals surface area contributed by atoms with E-state index in [-0.39, 0.29) is 17.0 Å². The first-order valence-corrected chi connectivity index (χ1v) is 9.67. The summed E-state index contributed by atoms with van der Waals surface area (Å²) in [5.41, 5.74) is 3.18. The number of methoxy groups -OCH3 is 1. The number of nitro benzene ring substituents is 1. The average Bonchev–Trinajstić information content (AvgIpc) is 2.83. The number of nitro groups is 1. The Hall–Kier alpha value is -4.79. The first-order valence-electron chi connectivity index (χ1n) is 9.67. The monoisotopic (exact) mass is 445 g/mol. The van der Waals surface area contributed by atoms with E-state index in [1.807, 2.05) is 0 Å². The quantitative estimate of drug-likeness (QED) is 0.140. The number of hydrogen-bond donors (Lipinski definition) is 1. The highest BCUT2D eigenvalue weighted by Crippen LogP contribution is 2.17. The van der Waals surface area contributed by atoms with Crippen molar-refractivity contribution in [1.82, 2.24) is 5.43 Å². The second-order valence-corrected chi connectivity index (χ2v) is 6.57. The lowest BCUT2D eigenvalue weighted by molar-refractivity contribution is -0.385. The Kier molecular flexibility index (Phi) is 7.63. The fourth-order valence-electron chi connectivity index (χ4n) is 2.74. The van der Waals surface area contributed by atoms with Crippen molar-refractivity contribution in [3.63, 3.8) is 0 Å². The SMILES string of the molecule is COc1ccc(/C=C/C(=O)Oc2cccc(C=NNC(=O)c3ccccc3[N+](=O)[O-])c2)cc1. The second-order valence-electron chi connectivity index (χ2n) is 6.57. The van der Waals surface area contributed by atoms with Gasteiger partial charge in [-0.2, -0.15) is 5.10 Å². The summed E-state index contributed by atoms with van der Waals surface area (Å²) in [5, 5.41) is 14.9. The lowest BCUT2D eigenvalue weighted by Crippen LogP contribution is -2.18. The molecule has 0 aromatic heterocycles. The van der Waals surface area contributed by atoms with E-state index in [2.05, 4.69) is 10.5 Å². The van der Waals surface area contributed by atoms with Crippen LogP contribution in [0, 0.1) is 10.1 Å². The van der Waals surface area contributed by atoms with E-state index in [1.165, 1.54) is 36.6 Å². The maximum Gasteiger partial charge on any atom is 0.336 e. The third-order valence-electron chi connectivity index (χ3n) is 4.33. The average molecular weight is 445 g/mol. The zero-order valence-electron chi connectivity index (χ0n) is 17.5. The van der Waals surface area contributed by atoms with Crippen LogP contribution >= 0.6 is 0 Å². The van der Waals surface area contributed by atoms with Crippen LogP contribution in [0.1, 0.15) is 21.5 Å². The minimum atomic E-state index is -0.718. The molecule has 3 aromatic rings. The summed E-state index contributed by atoms with van der Waals surface area (Å²) >= 11 is 0. The maximum absolute atomic E-state index is 12.2. The highest BCUT2D eigenvalue weighted by molar-refractivity contribution is 5.98. The predicted molar refractivity (Wildman–Crippen MR) is 122 cm³/mol. The molecule has 0 aliphatic carbocycles. The molecule has 1 amide bonds. The van der Waals surface area contributed by atoms with Crippen molar-refractivity contribution < 1.29 is 24.0 Å². The number of benzene rings is 3. The summed E-state index contributed by atoms with van der Waals surface area (Å²) in [4.78, 5) is 34.7. The van der Waals surface area contributed by atoms with Gasteiger partial charge in [-0.1, -0.05) is 36.4 Å². The van der Waals surface area contributed by atoms with Crippen LogP contribution < -0.4 is 14.9 Å². The molecule has 9 heteroatoms. The predicted octanol–water partition coefficient (Wildman–Crippen LogP) is 3.99. The number of hydrazone groups is 1. The van der Waals surface area contributed by atoms with Crippen LogP contribution in [0.2, 0.25) is 0 Å². The highest BCUT2D eigenvalue weighted by Gasteiger charge is 2.18. The van der Waals surface area contributed by atoms with Crippen molar-refractivity contribution >= 4 is 29.9 Å². The Morgan fingerprint density at radius 1 is 0.970 bits per heavy atom. The lowest BCUT2D eigenvalue weighted by atomic mass is 10.2. The topological polar surface area (TPSA) is 120 Å². The minimum absolute atomic E-state index is 0.106. The Balaban J connectivity index is 1.59. The number of carbonyl (C=O) groups excluding carboxylic acids is 2. The summed E-state index contributed by atoms with van der Waals surface area (Å²) < 4.78 is 10.4. The summed E-state index contributed by atoms with van der Waals surface area (Å²) in [6, 6.07) is 19.2. The van der Waals surface area contributed by atoms with Crippen molar-refractivity contribution in [3.05, 3.63) is 106 Å². The van der Waals surface area contributed by atoms with E-state index in [0.29, 0.717) is 11.3 Å². The van der Waals surface area contributed by atoms with Crippen LogP contribution in [-0.4, -0.2) is 30.1 Å². The molecule has 0 atom stereocenters. The Morgan fingerprint density at radius 3 is 2.45 bits per heavy atom. The molecule has 0 unspecified atom stereocenters. The molecule has 0 heterocycles. The van der Waals surface area contributed by atoms with Crippen LogP contribution in [0.25, 0.3) is 6.08 Å². The molecule has 0 aliphatic rings. The summed E-state index contributed by atoms with van der Waals surface area (Å²) in [6.07, 6.45) is 4.25. The number of esters is 1. The molecule has 0 fully saturated rings. The van der Waals surface area contributed by atoms with Crippen molar-refractivity contribution in [2.24, 2.45) is 5.10 Å². The summed E-state index contributed by atoms with van der Waals surface area (Å²) in [7, 11) is 1.57. The molecule has 0 spiro atoms. The number of ether oxygens (including phenoxy) is 2. The van der Waals surface area contributed by atoms with Crippen molar-refractivity contribution in [1.29, 1.82) is 0 Å². The number of carbonyl (C=O) groups is 2. The molecule has 9 nitrogen and oxygen atoms in total. The molecule has 0 aliphatic heterocycles. The molecular weight excluding hydrogens is 426 g/mol. The zero-order chi connectivity index (χ0) is 23.6. The number of hydrogen-bond acceptors (Lipinski definition) is 7. The van der Waals surface area contributed by atoms with Gasteiger partial charge in [0.15, 0.2) is 0 Å². The lowest BCUT2D eigenvalue weighted by Gasteiger charge is -2.03. The maximum atomic E-state index is 12.2. The molecule has 3 rings (SSSR count). The van der Waals surface area contributed by atoms with E-state index in [4.69, 9.17) is 9.47 Å². The van der Waals surface area contributed by atoms with E-state index in [1.54, 1.807) is 61.7 Å². The number of nitrogens with zero attached hydrogens (tertiary/aromatic N) is 2. The standard InChI is InChI=1S/C24H19N3O6/c1-32-19-12-9-17(10-13-19)11-14-23(28)33-20-6-4-5-18(15-20)16-25-26-24(29)21-7-2-3-8-22(21)27(30)31/h2-16H,1H3,(H,26,29)/b14-11+,25-16?. The Labute approximate surface area is 189 Å². The van der Waals surface area contributed by atoms with Gasteiger partial charge in [0.25, 0.3) is 11.6 Å². The molecule has 0 bridgehead atoms. The van der Waals surface area contributed by atoms with E-state index < -0.39 is 16.8 Å². The number of rotatable bonds is 8. The van der Waals surface area contributed by atoms with E-state index in [9.17, 15) is 19.7 Å². The van der Waals surface area contributed by atoms with Gasteiger partial charge in [-0.25, -0.2) is 10.2 Å². The molecular formula is C24H19N3O6. The highest BCUT2D eigenvalue weighted by atomic mass is 16.6. The van der Waals surface area contributed by atoms with Crippen molar-refractivity contribution in [3.8, 4) is 11.5 Å². The van der Waals surface area contributed by atoms with Gasteiger partial charge in [0.1, 0.15) is 17.1 Å². The van der Waals surface area contributed by atoms with Crippen LogP contribution in [0.15, 0.2) is 84.0 Å². The Bertz CT molecular complexity index is 1220. The number of para-hydroxylation sites is 1. The van der Waals surface area contributed by atoms with Crippen LogP contribution in [0.4, 0.5) is 5.69 Å². The third-order valence-corrected chi connectivity index (χ3v) is 4.33. The first kappa shape index (κ1) is 22.9. The van der Waals surface area contributed by atoms with Gasteiger partial charge in [-0.05, 0) is 47.5 Å². The zero-order valence-corrected chi connectivity index (χ0v) is 17.5. The van der Waals surface area contributed by atoms with E-state index in [0.717, 1.165) is 5.56 Å². The fraction of sp³-hybridized carbons (Fsp3) is 0.0417. The van der Waals surface area contributed by atoms with Gasteiger partial charge in [0, 0.05) is 12.1 Å². The third kappa shape index (κ3) is 6.59.